The van der Waals surface area contributed by atoms with E-state index in [0.717, 1.165) is 25.9 Å². The lowest BCUT2D eigenvalue weighted by Gasteiger charge is -2.50. The van der Waals surface area contributed by atoms with E-state index in [-0.39, 0.29) is 24.2 Å². The lowest BCUT2D eigenvalue weighted by molar-refractivity contribution is -0.142. The summed E-state index contributed by atoms with van der Waals surface area (Å²) in [7, 11) is 1.72. The van der Waals surface area contributed by atoms with E-state index in [9.17, 15) is 4.79 Å². The number of carbonyl (C=O) groups is 1. The normalized spacial score (nSPS) is 28.5. The predicted octanol–water partition coefficient (Wildman–Crippen LogP) is 2.07. The van der Waals surface area contributed by atoms with Gasteiger partial charge in [0.2, 0.25) is 6.79 Å². The lowest BCUT2D eigenvalue weighted by Crippen LogP contribution is -2.58. The van der Waals surface area contributed by atoms with Crippen molar-refractivity contribution in [3.8, 4) is 11.5 Å². The van der Waals surface area contributed by atoms with E-state index < -0.39 is 0 Å². The molecule has 3 aliphatic rings. The highest BCUT2D eigenvalue weighted by Gasteiger charge is 2.47. The van der Waals surface area contributed by atoms with Gasteiger partial charge in [-0.25, -0.2) is 0 Å². The minimum absolute atomic E-state index is 0.0350. The molecule has 6 nitrogen and oxygen atoms in total. The molecular weight excluding hydrogens is 310 g/mol. The van der Waals surface area contributed by atoms with E-state index in [0.29, 0.717) is 36.8 Å². The predicted molar refractivity (Wildman–Crippen MR) is 86.4 cm³/mol. The summed E-state index contributed by atoms with van der Waals surface area (Å²) in [6.07, 6.45) is 3.11. The number of amides is 1. The third kappa shape index (κ3) is 2.63. The van der Waals surface area contributed by atoms with Crippen molar-refractivity contribution in [3.05, 3.63) is 23.8 Å². The minimum atomic E-state index is -0.0861. The molecule has 4 rings (SSSR count). The Bertz CT molecular complexity index is 630. The number of nitrogens with zero attached hydrogens (tertiary/aromatic N) is 1. The molecule has 0 bridgehead atoms. The first-order chi connectivity index (χ1) is 11.7. The molecule has 0 saturated carbocycles. The number of hydrogen-bond acceptors (Lipinski definition) is 5. The summed E-state index contributed by atoms with van der Waals surface area (Å²) in [5.74, 6) is 1.37. The van der Waals surface area contributed by atoms with Crippen molar-refractivity contribution < 1.29 is 23.7 Å². The fourth-order valence-electron chi connectivity index (χ4n) is 4.17. The molecule has 2 saturated heterocycles. The van der Waals surface area contributed by atoms with Crippen LogP contribution in [0.4, 0.5) is 0 Å². The second-order valence-electron chi connectivity index (χ2n) is 6.84. The fraction of sp³-hybridized carbons (Fsp3) is 0.611. The molecule has 0 aromatic heterocycles. The van der Waals surface area contributed by atoms with Gasteiger partial charge in [0.25, 0.3) is 5.91 Å². The van der Waals surface area contributed by atoms with Crippen molar-refractivity contribution in [3.63, 3.8) is 0 Å². The molecule has 0 aliphatic carbocycles. The van der Waals surface area contributed by atoms with E-state index in [2.05, 4.69) is 0 Å². The van der Waals surface area contributed by atoms with E-state index in [4.69, 9.17) is 18.9 Å². The van der Waals surface area contributed by atoms with Crippen LogP contribution in [0.15, 0.2) is 18.2 Å². The number of piperidine rings is 1. The van der Waals surface area contributed by atoms with Crippen molar-refractivity contribution in [1.82, 2.24) is 4.90 Å². The van der Waals surface area contributed by atoms with Crippen LogP contribution in [-0.4, -0.2) is 57.1 Å². The summed E-state index contributed by atoms with van der Waals surface area (Å²) in [6, 6.07) is 5.39. The van der Waals surface area contributed by atoms with Crippen molar-refractivity contribution >= 4 is 5.91 Å². The Morgan fingerprint density at radius 3 is 3.12 bits per heavy atom. The average Bonchev–Trinajstić information content (AvgIpc) is 3.08. The molecule has 2 atom stereocenters. The van der Waals surface area contributed by atoms with Gasteiger partial charge in [0.05, 0.1) is 12.7 Å². The summed E-state index contributed by atoms with van der Waals surface area (Å²) in [5.41, 5.74) is 0.555. The topological polar surface area (TPSA) is 57.2 Å². The largest absolute Gasteiger partial charge is 0.454 e. The Labute approximate surface area is 141 Å². The number of likely N-dealkylation sites (tertiary alicyclic amines) is 1. The first-order valence-electron chi connectivity index (χ1n) is 8.51. The van der Waals surface area contributed by atoms with Crippen LogP contribution in [0.3, 0.4) is 0 Å². The molecule has 1 amide bonds. The second kappa shape index (κ2) is 6.26. The molecule has 2 fully saturated rings. The van der Waals surface area contributed by atoms with Gasteiger partial charge in [0, 0.05) is 37.8 Å². The molecule has 0 radical (unpaired) electrons. The molecule has 1 aromatic rings. The molecule has 130 valence electrons. The first kappa shape index (κ1) is 15.7. The van der Waals surface area contributed by atoms with E-state index >= 15 is 0 Å². The molecule has 0 unspecified atom stereocenters. The van der Waals surface area contributed by atoms with Gasteiger partial charge in [0.15, 0.2) is 11.5 Å². The average molecular weight is 333 g/mol. The molecule has 3 aliphatic heterocycles. The number of hydrogen-bond donors (Lipinski definition) is 0. The van der Waals surface area contributed by atoms with E-state index in [1.54, 1.807) is 19.2 Å². The number of carbonyl (C=O) groups excluding carboxylic acids is 1. The van der Waals surface area contributed by atoms with Gasteiger partial charge in [-0.1, -0.05) is 0 Å². The number of methoxy groups -OCH3 is 1. The Morgan fingerprint density at radius 1 is 1.38 bits per heavy atom. The quantitative estimate of drug-likeness (QED) is 0.848. The van der Waals surface area contributed by atoms with Crippen LogP contribution in [0.25, 0.3) is 0 Å². The van der Waals surface area contributed by atoms with Crippen molar-refractivity contribution in [2.75, 3.05) is 40.2 Å². The van der Waals surface area contributed by atoms with Gasteiger partial charge in [0.1, 0.15) is 0 Å². The standard InChI is InChI=1S/C18H23NO5/c1-21-11-18-6-2-8-22-16(18)5-7-19(10-18)17(20)13-3-4-14-15(9-13)24-12-23-14/h3-4,9,16H,2,5-8,10-12H2,1H3/t16-,18-/m0/s1. The minimum Gasteiger partial charge on any atom is -0.454 e. The zero-order valence-corrected chi connectivity index (χ0v) is 14.0. The van der Waals surface area contributed by atoms with Crippen LogP contribution in [-0.2, 0) is 9.47 Å². The summed E-state index contributed by atoms with van der Waals surface area (Å²) < 4.78 is 22.2. The van der Waals surface area contributed by atoms with Gasteiger partial charge >= 0.3 is 0 Å². The van der Waals surface area contributed by atoms with Crippen molar-refractivity contribution in [2.24, 2.45) is 5.41 Å². The highest BCUT2D eigenvalue weighted by molar-refractivity contribution is 5.95. The van der Waals surface area contributed by atoms with E-state index in [1.165, 1.54) is 0 Å². The Kier molecular flexibility index (Phi) is 4.10. The summed E-state index contributed by atoms with van der Waals surface area (Å²) in [5, 5.41) is 0. The van der Waals surface area contributed by atoms with Gasteiger partial charge in [-0.3, -0.25) is 4.79 Å². The molecule has 3 heterocycles. The molecule has 0 N–H and O–H groups in total. The van der Waals surface area contributed by atoms with E-state index in [1.807, 2.05) is 11.0 Å². The highest BCUT2D eigenvalue weighted by atomic mass is 16.7. The summed E-state index contributed by atoms with van der Waals surface area (Å²) in [4.78, 5) is 14.9. The summed E-state index contributed by atoms with van der Waals surface area (Å²) in [6.45, 7) is 3.05. The van der Waals surface area contributed by atoms with Gasteiger partial charge in [-0.2, -0.15) is 0 Å². The maximum atomic E-state index is 13.0. The third-order valence-corrected chi connectivity index (χ3v) is 5.33. The second-order valence-corrected chi connectivity index (χ2v) is 6.84. The molecule has 0 spiro atoms. The maximum absolute atomic E-state index is 13.0. The SMILES string of the molecule is COC[C@@]12CCCO[C@H]1CCN(C(=O)c1ccc3c(c1)OCO3)C2. The third-order valence-electron chi connectivity index (χ3n) is 5.33. The Morgan fingerprint density at radius 2 is 2.25 bits per heavy atom. The highest BCUT2D eigenvalue weighted by Crippen LogP contribution is 2.41. The number of benzene rings is 1. The number of rotatable bonds is 3. The Hall–Kier alpha value is -1.79. The van der Waals surface area contributed by atoms with Crippen LogP contribution in [0.2, 0.25) is 0 Å². The zero-order chi connectivity index (χ0) is 16.6. The molecule has 6 heteroatoms. The van der Waals surface area contributed by atoms with Crippen LogP contribution in [0, 0.1) is 5.41 Å². The van der Waals surface area contributed by atoms with Crippen LogP contribution >= 0.6 is 0 Å². The van der Waals surface area contributed by atoms with Crippen molar-refractivity contribution in [1.29, 1.82) is 0 Å². The van der Waals surface area contributed by atoms with Gasteiger partial charge in [-0.05, 0) is 37.5 Å². The molecular formula is C18H23NO5. The first-order valence-corrected chi connectivity index (χ1v) is 8.51. The molecule has 1 aromatic carbocycles. The zero-order valence-electron chi connectivity index (χ0n) is 14.0. The number of fused-ring (bicyclic) bond motifs is 2. The monoisotopic (exact) mass is 333 g/mol. The smallest absolute Gasteiger partial charge is 0.254 e. The molecule has 24 heavy (non-hydrogen) atoms. The van der Waals surface area contributed by atoms with Crippen molar-refractivity contribution in [2.45, 2.75) is 25.4 Å². The maximum Gasteiger partial charge on any atom is 0.254 e. The Balaban J connectivity index is 1.54. The summed E-state index contributed by atoms with van der Waals surface area (Å²) >= 11 is 0. The van der Waals surface area contributed by atoms with Crippen LogP contribution in [0.1, 0.15) is 29.6 Å². The van der Waals surface area contributed by atoms with Crippen LogP contribution < -0.4 is 9.47 Å². The fourth-order valence-corrected chi connectivity index (χ4v) is 4.17. The van der Waals surface area contributed by atoms with Gasteiger partial charge in [-0.15, -0.1) is 0 Å². The van der Waals surface area contributed by atoms with Crippen LogP contribution in [0.5, 0.6) is 11.5 Å². The van der Waals surface area contributed by atoms with Gasteiger partial charge < -0.3 is 23.8 Å². The number of ether oxygens (including phenoxy) is 4. The lowest BCUT2D eigenvalue weighted by atomic mass is 9.73.